The van der Waals surface area contributed by atoms with E-state index in [1.807, 2.05) is 37.3 Å². The predicted octanol–water partition coefficient (Wildman–Crippen LogP) is 11.2. The maximum absolute atomic E-state index is 12.0. The second-order valence-electron chi connectivity index (χ2n) is 13.7. The van der Waals surface area contributed by atoms with Crippen LogP contribution < -0.4 is 0 Å². The molecule has 0 bridgehead atoms. The summed E-state index contributed by atoms with van der Waals surface area (Å²) in [5, 5.41) is 19.7. The van der Waals surface area contributed by atoms with Crippen LogP contribution in [0.2, 0.25) is 0 Å². The molecule has 0 rings (SSSR count). The zero-order valence-electron chi connectivity index (χ0n) is 31.7. The Hall–Kier alpha value is -2.44. The number of unbranched alkanes of at least 4 members (excludes halogenated alkanes) is 14. The fraction of sp³-hybridized carbons (Fsp3) is 0.721. The zero-order valence-corrected chi connectivity index (χ0v) is 31.7. The van der Waals surface area contributed by atoms with Gasteiger partial charge in [-0.1, -0.05) is 171 Å². The number of hydrogen-bond donors (Lipinski definition) is 2. The van der Waals surface area contributed by atoms with Crippen molar-refractivity contribution in [3.05, 3.63) is 60.8 Å². The van der Waals surface area contributed by atoms with Crippen LogP contribution in [0, 0.1) is 5.92 Å². The summed E-state index contributed by atoms with van der Waals surface area (Å²) in [5.74, 6) is 0.190. The van der Waals surface area contributed by atoms with Gasteiger partial charge in [-0.2, -0.15) is 0 Å². The fourth-order valence-electron chi connectivity index (χ4n) is 5.27. The Kier molecular flexibility index (Phi) is 35.0. The van der Waals surface area contributed by atoms with Crippen molar-refractivity contribution in [2.45, 2.75) is 181 Å². The lowest BCUT2D eigenvalue weighted by atomic mass is 10.0. The quantitative estimate of drug-likeness (QED) is 0.0303. The fourth-order valence-corrected chi connectivity index (χ4v) is 5.27. The minimum atomic E-state index is -0.999. The third kappa shape index (κ3) is 38.2. The smallest absolute Gasteiger partial charge is 0.305 e. The molecule has 2 atom stereocenters. The Morgan fingerprint density at radius 1 is 0.571 bits per heavy atom. The molecule has 0 radical (unpaired) electrons. The topological polar surface area (TPSA) is 93.1 Å². The van der Waals surface area contributed by atoms with E-state index in [0.717, 1.165) is 50.9 Å². The Bertz CT molecular complexity index is 900. The largest absolute Gasteiger partial charge is 0.463 e. The van der Waals surface area contributed by atoms with E-state index in [2.05, 4.69) is 44.2 Å². The van der Waals surface area contributed by atoms with Crippen molar-refractivity contribution in [1.29, 1.82) is 0 Å². The maximum atomic E-state index is 12.0. The summed E-state index contributed by atoms with van der Waals surface area (Å²) in [6.07, 6.45) is 43.4. The second-order valence-corrected chi connectivity index (χ2v) is 13.7. The number of rotatable bonds is 34. The number of allylic oxidation sites excluding steroid dienone is 8. The molecule has 0 fully saturated rings. The first kappa shape index (κ1) is 46.6. The maximum Gasteiger partial charge on any atom is 0.305 e. The Morgan fingerprint density at radius 3 is 1.59 bits per heavy atom. The van der Waals surface area contributed by atoms with Gasteiger partial charge in [0, 0.05) is 12.8 Å². The molecule has 0 aromatic heterocycles. The van der Waals surface area contributed by atoms with Crippen LogP contribution in [0.4, 0.5) is 0 Å². The van der Waals surface area contributed by atoms with Crippen molar-refractivity contribution in [3.63, 3.8) is 0 Å². The van der Waals surface area contributed by atoms with E-state index in [4.69, 9.17) is 9.47 Å². The molecule has 282 valence electrons. The van der Waals surface area contributed by atoms with Crippen molar-refractivity contribution in [2.24, 2.45) is 5.92 Å². The summed E-state index contributed by atoms with van der Waals surface area (Å²) in [6, 6.07) is 0. The molecule has 0 saturated heterocycles. The summed E-state index contributed by atoms with van der Waals surface area (Å²) < 4.78 is 10.3. The van der Waals surface area contributed by atoms with Gasteiger partial charge in [-0.3, -0.25) is 9.59 Å². The van der Waals surface area contributed by atoms with E-state index in [-0.39, 0.29) is 31.6 Å². The summed E-state index contributed by atoms with van der Waals surface area (Å²) in [7, 11) is 0. The van der Waals surface area contributed by atoms with E-state index in [0.29, 0.717) is 19.3 Å². The highest BCUT2D eigenvalue weighted by Gasteiger charge is 2.12. The number of esters is 2. The Balaban J connectivity index is 3.57. The van der Waals surface area contributed by atoms with Gasteiger partial charge < -0.3 is 19.7 Å². The van der Waals surface area contributed by atoms with Gasteiger partial charge in [-0.15, -0.1) is 0 Å². The van der Waals surface area contributed by atoms with Gasteiger partial charge in [0.1, 0.15) is 19.3 Å². The number of carbonyl (C=O) groups is 2. The Labute approximate surface area is 301 Å². The standard InChI is InChI=1S/C43H74O6/c1-4-5-33-40(44)34-29-25-21-17-13-10-11-15-19-23-27-31-36-43(47)49-38-41(45)37-48-42(46)35-30-26-22-18-14-9-7-6-8-12-16-20-24-28-32-39(2)3/h5,10-11,17,19,21,23,25,29,33,39-41,44-45H,4,6-9,12-16,18,20,22,24,26-28,30-32,34-38H2,1-3H3/b11-10-,21-17-,23-19-,29-25+,33-5-/t40?,41-/m1/s1. The molecular formula is C43H74O6. The van der Waals surface area contributed by atoms with Gasteiger partial charge in [0.05, 0.1) is 6.10 Å². The van der Waals surface area contributed by atoms with Gasteiger partial charge in [0.25, 0.3) is 0 Å². The van der Waals surface area contributed by atoms with Crippen molar-refractivity contribution < 1.29 is 29.3 Å². The molecule has 0 aliphatic carbocycles. The number of ether oxygens (including phenoxy) is 2. The van der Waals surface area contributed by atoms with Crippen molar-refractivity contribution in [2.75, 3.05) is 13.2 Å². The van der Waals surface area contributed by atoms with E-state index in [9.17, 15) is 19.8 Å². The van der Waals surface area contributed by atoms with Gasteiger partial charge >= 0.3 is 11.9 Å². The lowest BCUT2D eigenvalue weighted by Crippen LogP contribution is -2.25. The van der Waals surface area contributed by atoms with Crippen LogP contribution in [0.3, 0.4) is 0 Å². The third-order valence-electron chi connectivity index (χ3n) is 8.27. The molecule has 2 N–H and O–H groups in total. The molecule has 0 heterocycles. The van der Waals surface area contributed by atoms with E-state index in [1.165, 1.54) is 77.0 Å². The molecule has 0 aliphatic heterocycles. The van der Waals surface area contributed by atoms with Crippen LogP contribution in [0.1, 0.15) is 168 Å². The van der Waals surface area contributed by atoms with Crippen LogP contribution in [-0.2, 0) is 19.1 Å². The van der Waals surface area contributed by atoms with Gasteiger partial charge in [0.2, 0.25) is 0 Å². The summed E-state index contributed by atoms with van der Waals surface area (Å²) in [4.78, 5) is 23.9. The first-order chi connectivity index (χ1) is 23.8. The molecule has 6 heteroatoms. The van der Waals surface area contributed by atoms with Crippen LogP contribution in [0.5, 0.6) is 0 Å². The number of aliphatic hydroxyl groups excluding tert-OH is 2. The molecule has 0 amide bonds. The molecule has 6 nitrogen and oxygen atoms in total. The van der Waals surface area contributed by atoms with Crippen LogP contribution in [0.15, 0.2) is 60.8 Å². The molecular weight excluding hydrogens is 612 g/mol. The van der Waals surface area contributed by atoms with E-state index < -0.39 is 12.2 Å². The van der Waals surface area contributed by atoms with E-state index >= 15 is 0 Å². The third-order valence-corrected chi connectivity index (χ3v) is 8.27. The van der Waals surface area contributed by atoms with Gasteiger partial charge in [-0.05, 0) is 50.9 Å². The SMILES string of the molecule is CC/C=C\C(O)C/C=C/C=C\C/C=C\C/C=C\CCCC(=O)OC[C@H](O)COC(=O)CCCCCCCCCCCCCCCCC(C)C. The molecule has 0 saturated carbocycles. The number of hydrogen-bond acceptors (Lipinski definition) is 6. The normalized spacial score (nSPS) is 13.6. The van der Waals surface area contributed by atoms with E-state index in [1.54, 1.807) is 0 Å². The van der Waals surface area contributed by atoms with Crippen LogP contribution >= 0.6 is 0 Å². The zero-order chi connectivity index (χ0) is 36.0. The van der Waals surface area contributed by atoms with Crippen molar-refractivity contribution >= 4 is 11.9 Å². The van der Waals surface area contributed by atoms with Crippen molar-refractivity contribution in [3.8, 4) is 0 Å². The monoisotopic (exact) mass is 687 g/mol. The number of aliphatic hydroxyl groups is 2. The summed E-state index contributed by atoms with van der Waals surface area (Å²) in [5.41, 5.74) is 0. The molecule has 0 spiro atoms. The minimum Gasteiger partial charge on any atom is -0.463 e. The highest BCUT2D eigenvalue weighted by atomic mass is 16.6. The van der Waals surface area contributed by atoms with Crippen molar-refractivity contribution in [1.82, 2.24) is 0 Å². The first-order valence-electron chi connectivity index (χ1n) is 19.8. The highest BCUT2D eigenvalue weighted by Crippen LogP contribution is 2.15. The molecule has 0 aromatic rings. The van der Waals surface area contributed by atoms with Crippen LogP contribution in [0.25, 0.3) is 0 Å². The average molecular weight is 687 g/mol. The Morgan fingerprint density at radius 2 is 1.04 bits per heavy atom. The molecule has 0 aromatic carbocycles. The first-order valence-corrected chi connectivity index (χ1v) is 19.8. The number of carbonyl (C=O) groups excluding carboxylic acids is 2. The average Bonchev–Trinajstić information content (AvgIpc) is 3.08. The lowest BCUT2D eigenvalue weighted by molar-refractivity contribution is -0.152. The lowest BCUT2D eigenvalue weighted by Gasteiger charge is -2.12. The molecule has 0 aliphatic rings. The second kappa shape index (κ2) is 36.8. The molecule has 1 unspecified atom stereocenters. The van der Waals surface area contributed by atoms with Gasteiger partial charge in [-0.25, -0.2) is 0 Å². The predicted molar refractivity (Wildman–Crippen MR) is 206 cm³/mol. The molecule has 49 heavy (non-hydrogen) atoms. The van der Waals surface area contributed by atoms with Crippen LogP contribution in [-0.4, -0.2) is 47.6 Å². The minimum absolute atomic E-state index is 0.145. The summed E-state index contributed by atoms with van der Waals surface area (Å²) in [6.45, 7) is 6.36. The van der Waals surface area contributed by atoms with Gasteiger partial charge in [0.15, 0.2) is 0 Å². The summed E-state index contributed by atoms with van der Waals surface area (Å²) >= 11 is 0. The highest BCUT2D eigenvalue weighted by molar-refractivity contribution is 5.69.